The third kappa shape index (κ3) is 4.54. The summed E-state index contributed by atoms with van der Waals surface area (Å²) in [5.74, 6) is -0.778. The average molecular weight is 468 g/mol. The third-order valence-electron chi connectivity index (χ3n) is 6.28. The quantitative estimate of drug-likeness (QED) is 0.415. The van der Waals surface area contributed by atoms with Crippen molar-refractivity contribution in [2.24, 2.45) is 5.73 Å². The van der Waals surface area contributed by atoms with E-state index in [1.807, 2.05) is 0 Å². The fourth-order valence-corrected chi connectivity index (χ4v) is 5.45. The van der Waals surface area contributed by atoms with Gasteiger partial charge in [-0.25, -0.2) is 13.8 Å². The van der Waals surface area contributed by atoms with Gasteiger partial charge in [-0.15, -0.1) is 11.3 Å². The number of amides is 1. The van der Waals surface area contributed by atoms with Crippen LogP contribution in [0.4, 0.5) is 8.78 Å². The summed E-state index contributed by atoms with van der Waals surface area (Å²) in [7, 11) is 0. The molecule has 4 aromatic rings. The molecule has 33 heavy (non-hydrogen) atoms. The molecule has 1 aliphatic rings. The number of aromatic nitrogens is 1. The number of likely N-dealkylation sites (tertiary alicyclic amines) is 1. The van der Waals surface area contributed by atoms with Gasteiger partial charge in [0.2, 0.25) is 0 Å². The maximum absolute atomic E-state index is 13.5. The number of nitrogens with zero attached hydrogens (tertiary/aromatic N) is 2. The highest BCUT2D eigenvalue weighted by atomic mass is 32.1. The van der Waals surface area contributed by atoms with Crippen LogP contribution in [0.3, 0.4) is 0 Å². The molecule has 8 heteroatoms. The Morgan fingerprint density at radius 2 is 1.85 bits per heavy atom. The van der Waals surface area contributed by atoms with Gasteiger partial charge in [0.15, 0.2) is 5.01 Å². The van der Waals surface area contributed by atoms with E-state index in [9.17, 15) is 13.6 Å². The van der Waals surface area contributed by atoms with Gasteiger partial charge in [0, 0.05) is 34.0 Å². The van der Waals surface area contributed by atoms with Gasteiger partial charge in [0.05, 0.1) is 12.0 Å². The van der Waals surface area contributed by atoms with Crippen molar-refractivity contribution in [1.82, 2.24) is 9.88 Å². The highest BCUT2D eigenvalue weighted by Crippen LogP contribution is 2.35. The Kier molecular flexibility index (Phi) is 5.95. The Balaban J connectivity index is 1.25. The SMILES string of the molecule is NC(=O)c1nc(-c2ccc(F)cc2)c(CCN2CCC(c3coc4cc(F)ccc34)CC2)s1. The number of benzene rings is 2. The predicted molar refractivity (Wildman–Crippen MR) is 124 cm³/mol. The van der Waals surface area contributed by atoms with Crippen LogP contribution >= 0.6 is 11.3 Å². The zero-order valence-corrected chi connectivity index (χ0v) is 18.7. The first-order valence-corrected chi connectivity index (χ1v) is 11.7. The van der Waals surface area contributed by atoms with Crippen LogP contribution in [0.5, 0.6) is 0 Å². The first kappa shape index (κ1) is 21.7. The number of thiazole rings is 1. The largest absolute Gasteiger partial charge is 0.464 e. The van der Waals surface area contributed by atoms with Crippen LogP contribution < -0.4 is 5.73 Å². The second-order valence-corrected chi connectivity index (χ2v) is 9.44. The number of rotatable bonds is 6. The third-order valence-corrected chi connectivity index (χ3v) is 7.41. The summed E-state index contributed by atoms with van der Waals surface area (Å²) in [4.78, 5) is 19.5. The summed E-state index contributed by atoms with van der Waals surface area (Å²) in [6.45, 7) is 2.70. The Morgan fingerprint density at radius 1 is 1.12 bits per heavy atom. The molecule has 2 aromatic carbocycles. The van der Waals surface area contributed by atoms with Crippen LogP contribution in [0.2, 0.25) is 0 Å². The van der Waals surface area contributed by atoms with E-state index in [4.69, 9.17) is 10.2 Å². The van der Waals surface area contributed by atoms with Gasteiger partial charge in [-0.05, 0) is 74.7 Å². The van der Waals surface area contributed by atoms with Gasteiger partial charge in [0.25, 0.3) is 5.91 Å². The highest BCUT2D eigenvalue weighted by molar-refractivity contribution is 7.14. The molecule has 0 atom stereocenters. The molecule has 1 saturated heterocycles. The Labute approximate surface area is 193 Å². The molecule has 2 aromatic heterocycles. The Hall–Kier alpha value is -3.10. The topological polar surface area (TPSA) is 72.4 Å². The van der Waals surface area contributed by atoms with E-state index in [1.165, 1.54) is 35.6 Å². The first-order chi connectivity index (χ1) is 16.0. The molecule has 1 aliphatic heterocycles. The molecule has 0 bridgehead atoms. The van der Waals surface area contributed by atoms with Crippen molar-refractivity contribution in [3.8, 4) is 11.3 Å². The van der Waals surface area contributed by atoms with E-state index in [2.05, 4.69) is 9.88 Å². The number of carbonyl (C=O) groups is 1. The van der Waals surface area contributed by atoms with Crippen LogP contribution in [0.15, 0.2) is 53.1 Å². The standard InChI is InChI=1S/C25H23F2N3O2S/c26-17-3-1-16(2-4-17)23-22(33-25(29-23)24(28)31)9-12-30-10-7-15(8-11-30)20-14-32-21-13-18(27)5-6-19(20)21/h1-6,13-15H,7-12H2,(H2,28,31). The number of furan rings is 1. The lowest BCUT2D eigenvalue weighted by Gasteiger charge is -2.31. The van der Waals surface area contributed by atoms with E-state index in [0.717, 1.165) is 60.3 Å². The van der Waals surface area contributed by atoms with E-state index < -0.39 is 5.91 Å². The van der Waals surface area contributed by atoms with Crippen LogP contribution in [-0.4, -0.2) is 35.4 Å². The number of primary amides is 1. The minimum Gasteiger partial charge on any atom is -0.464 e. The summed E-state index contributed by atoms with van der Waals surface area (Å²) in [6, 6.07) is 10.8. The van der Waals surface area contributed by atoms with Crippen molar-refractivity contribution in [2.75, 3.05) is 19.6 Å². The number of halogens is 2. The summed E-state index contributed by atoms with van der Waals surface area (Å²) in [6.07, 6.45) is 4.48. The molecule has 0 spiro atoms. The molecule has 1 amide bonds. The predicted octanol–water partition coefficient (Wildman–Crippen LogP) is 5.36. The van der Waals surface area contributed by atoms with Crippen molar-refractivity contribution in [3.63, 3.8) is 0 Å². The van der Waals surface area contributed by atoms with E-state index in [0.29, 0.717) is 17.2 Å². The van der Waals surface area contributed by atoms with Crippen LogP contribution in [0.25, 0.3) is 22.2 Å². The van der Waals surface area contributed by atoms with Crippen LogP contribution in [-0.2, 0) is 6.42 Å². The average Bonchev–Trinajstić information content (AvgIpc) is 3.43. The molecule has 1 fully saturated rings. The lowest BCUT2D eigenvalue weighted by Crippen LogP contribution is -2.34. The summed E-state index contributed by atoms with van der Waals surface area (Å²) in [5.41, 5.74) is 8.67. The monoisotopic (exact) mass is 467 g/mol. The van der Waals surface area contributed by atoms with Crippen molar-refractivity contribution in [3.05, 3.63) is 75.8 Å². The number of nitrogens with two attached hydrogens (primary N) is 1. The minimum atomic E-state index is -0.553. The second-order valence-electron chi connectivity index (χ2n) is 8.36. The Morgan fingerprint density at radius 3 is 2.58 bits per heavy atom. The molecule has 0 aliphatic carbocycles. The molecule has 0 saturated carbocycles. The molecule has 2 N–H and O–H groups in total. The minimum absolute atomic E-state index is 0.270. The van der Waals surface area contributed by atoms with Gasteiger partial charge in [-0.2, -0.15) is 0 Å². The van der Waals surface area contributed by atoms with Crippen molar-refractivity contribution in [2.45, 2.75) is 25.2 Å². The lowest BCUT2D eigenvalue weighted by atomic mass is 9.89. The van der Waals surface area contributed by atoms with Gasteiger partial charge in [0.1, 0.15) is 17.2 Å². The summed E-state index contributed by atoms with van der Waals surface area (Å²) < 4.78 is 32.4. The number of carbonyl (C=O) groups excluding carboxylic acids is 1. The number of fused-ring (bicyclic) bond motifs is 1. The van der Waals surface area contributed by atoms with Crippen molar-refractivity contribution < 1.29 is 18.0 Å². The number of hydrogen-bond acceptors (Lipinski definition) is 5. The second kappa shape index (κ2) is 9.03. The normalized spacial score (nSPS) is 15.3. The van der Waals surface area contributed by atoms with Gasteiger partial charge in [-0.1, -0.05) is 0 Å². The molecular formula is C25H23F2N3O2S. The molecule has 5 rings (SSSR count). The molecule has 5 nitrogen and oxygen atoms in total. The molecule has 0 radical (unpaired) electrons. The maximum atomic E-state index is 13.5. The fraction of sp³-hybridized carbons (Fsp3) is 0.280. The van der Waals surface area contributed by atoms with E-state index >= 15 is 0 Å². The zero-order chi connectivity index (χ0) is 22.9. The summed E-state index contributed by atoms with van der Waals surface area (Å²) in [5, 5.41) is 1.26. The summed E-state index contributed by atoms with van der Waals surface area (Å²) >= 11 is 1.31. The number of piperidine rings is 1. The van der Waals surface area contributed by atoms with Crippen LogP contribution in [0, 0.1) is 11.6 Å². The smallest absolute Gasteiger partial charge is 0.277 e. The molecule has 3 heterocycles. The highest BCUT2D eigenvalue weighted by Gasteiger charge is 2.24. The van der Waals surface area contributed by atoms with E-state index in [-0.39, 0.29) is 16.6 Å². The van der Waals surface area contributed by atoms with Gasteiger partial charge >= 0.3 is 0 Å². The fourth-order valence-electron chi connectivity index (χ4n) is 4.53. The van der Waals surface area contributed by atoms with Crippen molar-refractivity contribution in [1.29, 1.82) is 0 Å². The van der Waals surface area contributed by atoms with Gasteiger partial charge < -0.3 is 15.1 Å². The molecule has 0 unspecified atom stereocenters. The van der Waals surface area contributed by atoms with Crippen molar-refractivity contribution >= 4 is 28.2 Å². The van der Waals surface area contributed by atoms with E-state index in [1.54, 1.807) is 24.5 Å². The number of hydrogen-bond donors (Lipinski definition) is 1. The Bertz CT molecular complexity index is 1290. The molecular weight excluding hydrogens is 444 g/mol. The van der Waals surface area contributed by atoms with Gasteiger partial charge in [-0.3, -0.25) is 4.79 Å². The zero-order valence-electron chi connectivity index (χ0n) is 17.9. The van der Waals surface area contributed by atoms with Crippen LogP contribution in [0.1, 0.15) is 39.0 Å². The maximum Gasteiger partial charge on any atom is 0.277 e. The first-order valence-electron chi connectivity index (χ1n) is 10.9. The molecule has 170 valence electrons. The lowest BCUT2D eigenvalue weighted by molar-refractivity contribution is 0.1000.